The number of thioether (sulfide) groups is 1. The van der Waals surface area contributed by atoms with E-state index in [0.717, 1.165) is 29.6 Å². The molecular formula is C10H14ClN3S. The van der Waals surface area contributed by atoms with Crippen molar-refractivity contribution in [1.29, 1.82) is 0 Å². The topological polar surface area (TPSA) is 29.0 Å². The maximum absolute atomic E-state index is 5.86. The molecule has 1 aliphatic rings. The molecule has 1 aromatic rings. The molecular weight excluding hydrogens is 230 g/mol. The molecule has 1 aliphatic heterocycles. The monoisotopic (exact) mass is 243 g/mol. The number of nitrogens with zero attached hydrogens (tertiary/aromatic N) is 3. The first-order valence-electron chi connectivity index (χ1n) is 5.02. The van der Waals surface area contributed by atoms with Crippen molar-refractivity contribution in [2.45, 2.75) is 19.9 Å². The molecule has 2 heterocycles. The maximum Gasteiger partial charge on any atom is 0.224 e. The molecule has 82 valence electrons. The molecule has 5 heteroatoms. The minimum Gasteiger partial charge on any atom is -0.352 e. The minimum atomic E-state index is 0.343. The normalized spacial score (nSPS) is 21.8. The van der Waals surface area contributed by atoms with E-state index in [9.17, 15) is 0 Å². The third-order valence-corrected chi connectivity index (χ3v) is 3.83. The van der Waals surface area contributed by atoms with Crippen molar-refractivity contribution in [3.8, 4) is 0 Å². The van der Waals surface area contributed by atoms with Crippen LogP contribution in [0, 0.1) is 6.92 Å². The summed E-state index contributed by atoms with van der Waals surface area (Å²) in [6, 6.07) is 2.52. The van der Waals surface area contributed by atoms with Gasteiger partial charge in [0, 0.05) is 35.9 Å². The second kappa shape index (κ2) is 4.58. The molecule has 3 nitrogen and oxygen atoms in total. The van der Waals surface area contributed by atoms with Gasteiger partial charge in [0.25, 0.3) is 0 Å². The number of hydrogen-bond acceptors (Lipinski definition) is 4. The van der Waals surface area contributed by atoms with Crippen LogP contribution >= 0.6 is 23.4 Å². The second-order valence-corrected chi connectivity index (χ2v) is 5.24. The number of rotatable bonds is 1. The molecule has 15 heavy (non-hydrogen) atoms. The lowest BCUT2D eigenvalue weighted by Crippen LogP contribution is -2.41. The zero-order chi connectivity index (χ0) is 10.8. The number of hydrogen-bond donors (Lipinski definition) is 0. The SMILES string of the molecule is Cc1cc(N2CCSCC2C)nc(Cl)n1. The Labute approximate surface area is 99.2 Å². The fourth-order valence-electron chi connectivity index (χ4n) is 1.73. The van der Waals surface area contributed by atoms with E-state index in [0.29, 0.717) is 11.3 Å². The van der Waals surface area contributed by atoms with Crippen LogP contribution in [-0.4, -0.2) is 34.1 Å². The van der Waals surface area contributed by atoms with Gasteiger partial charge in [-0.2, -0.15) is 11.8 Å². The van der Waals surface area contributed by atoms with E-state index in [2.05, 4.69) is 21.8 Å². The molecule has 0 amide bonds. The summed E-state index contributed by atoms with van der Waals surface area (Å²) < 4.78 is 0. The van der Waals surface area contributed by atoms with E-state index in [1.54, 1.807) is 0 Å². The standard InChI is InChI=1S/C10H14ClN3S/c1-7-5-9(13-10(11)12-7)14-3-4-15-6-8(14)2/h5,8H,3-4,6H2,1-2H3. The molecule has 0 N–H and O–H groups in total. The quantitative estimate of drug-likeness (QED) is 0.709. The summed E-state index contributed by atoms with van der Waals surface area (Å²) in [4.78, 5) is 10.7. The molecule has 0 spiro atoms. The molecule has 1 unspecified atom stereocenters. The van der Waals surface area contributed by atoms with Crippen LogP contribution in [-0.2, 0) is 0 Å². The van der Waals surface area contributed by atoms with Crippen molar-refractivity contribution < 1.29 is 0 Å². The van der Waals surface area contributed by atoms with Gasteiger partial charge in [0.2, 0.25) is 5.28 Å². The van der Waals surface area contributed by atoms with Crippen molar-refractivity contribution in [2.24, 2.45) is 0 Å². The van der Waals surface area contributed by atoms with Gasteiger partial charge in [0.1, 0.15) is 5.82 Å². The summed E-state index contributed by atoms with van der Waals surface area (Å²) in [5.41, 5.74) is 0.926. The van der Waals surface area contributed by atoms with Crippen molar-refractivity contribution >= 4 is 29.2 Å². The van der Waals surface area contributed by atoms with Gasteiger partial charge in [0.15, 0.2) is 0 Å². The predicted molar refractivity (Wildman–Crippen MR) is 65.9 cm³/mol. The lowest BCUT2D eigenvalue weighted by Gasteiger charge is -2.34. The highest BCUT2D eigenvalue weighted by Crippen LogP contribution is 2.23. The van der Waals surface area contributed by atoms with Gasteiger partial charge in [-0.05, 0) is 25.4 Å². The van der Waals surface area contributed by atoms with Crippen LogP contribution in [0.25, 0.3) is 0 Å². The minimum absolute atomic E-state index is 0.343. The molecule has 1 saturated heterocycles. The maximum atomic E-state index is 5.86. The Morgan fingerprint density at radius 3 is 3.00 bits per heavy atom. The summed E-state index contributed by atoms with van der Waals surface area (Å²) in [7, 11) is 0. The van der Waals surface area contributed by atoms with E-state index >= 15 is 0 Å². The number of aromatic nitrogens is 2. The Kier molecular flexibility index (Phi) is 3.36. The van der Waals surface area contributed by atoms with Gasteiger partial charge in [-0.25, -0.2) is 9.97 Å². The highest BCUT2D eigenvalue weighted by molar-refractivity contribution is 7.99. The van der Waals surface area contributed by atoms with Gasteiger partial charge < -0.3 is 4.90 Å². The van der Waals surface area contributed by atoms with Gasteiger partial charge in [0.05, 0.1) is 0 Å². The molecule has 1 aromatic heterocycles. The highest BCUT2D eigenvalue weighted by Gasteiger charge is 2.20. The number of anilines is 1. The summed E-state index contributed by atoms with van der Waals surface area (Å²) in [6.07, 6.45) is 0. The molecule has 2 rings (SSSR count). The van der Waals surface area contributed by atoms with Gasteiger partial charge in [-0.1, -0.05) is 0 Å². The molecule has 0 saturated carbocycles. The smallest absolute Gasteiger partial charge is 0.224 e. The van der Waals surface area contributed by atoms with E-state index in [1.807, 2.05) is 24.8 Å². The second-order valence-electron chi connectivity index (χ2n) is 3.75. The summed E-state index contributed by atoms with van der Waals surface area (Å²) in [6.45, 7) is 5.20. The molecule has 0 aliphatic carbocycles. The van der Waals surface area contributed by atoms with E-state index < -0.39 is 0 Å². The van der Waals surface area contributed by atoms with E-state index in [1.165, 1.54) is 0 Å². The first kappa shape index (κ1) is 11.0. The first-order chi connectivity index (χ1) is 7.16. The molecule has 0 aromatic carbocycles. The Bertz CT molecular complexity index is 338. The third-order valence-electron chi connectivity index (χ3n) is 2.48. The number of aryl methyl sites for hydroxylation is 1. The average molecular weight is 244 g/mol. The van der Waals surface area contributed by atoms with Crippen LogP contribution in [0.5, 0.6) is 0 Å². The molecule has 0 bridgehead atoms. The van der Waals surface area contributed by atoms with Gasteiger partial charge >= 0.3 is 0 Å². The highest BCUT2D eigenvalue weighted by atomic mass is 35.5. The largest absolute Gasteiger partial charge is 0.352 e. The Hall–Kier alpha value is -0.480. The van der Waals surface area contributed by atoms with Gasteiger partial charge in [-0.15, -0.1) is 0 Å². The molecule has 1 atom stereocenters. The van der Waals surface area contributed by atoms with Crippen LogP contribution < -0.4 is 4.90 Å². The predicted octanol–water partition coefficient (Wildman–Crippen LogP) is 2.38. The van der Waals surface area contributed by atoms with E-state index in [-0.39, 0.29) is 0 Å². The van der Waals surface area contributed by atoms with Crippen molar-refractivity contribution in [1.82, 2.24) is 9.97 Å². The van der Waals surface area contributed by atoms with Gasteiger partial charge in [-0.3, -0.25) is 0 Å². The third kappa shape index (κ3) is 2.55. The zero-order valence-electron chi connectivity index (χ0n) is 8.90. The molecule has 0 radical (unpaired) electrons. The van der Waals surface area contributed by atoms with Crippen LogP contribution in [0.15, 0.2) is 6.07 Å². The Balaban J connectivity index is 2.27. The Morgan fingerprint density at radius 1 is 1.53 bits per heavy atom. The molecule has 1 fully saturated rings. The van der Waals surface area contributed by atoms with Crippen molar-refractivity contribution in [2.75, 3.05) is 23.0 Å². The lowest BCUT2D eigenvalue weighted by molar-refractivity contribution is 0.688. The van der Waals surface area contributed by atoms with Crippen molar-refractivity contribution in [3.05, 3.63) is 17.0 Å². The van der Waals surface area contributed by atoms with Crippen molar-refractivity contribution in [3.63, 3.8) is 0 Å². The summed E-state index contributed by atoms with van der Waals surface area (Å²) in [5, 5.41) is 0.343. The lowest BCUT2D eigenvalue weighted by atomic mass is 10.3. The fraction of sp³-hybridized carbons (Fsp3) is 0.600. The van der Waals surface area contributed by atoms with Crippen LogP contribution in [0.2, 0.25) is 5.28 Å². The number of halogens is 1. The fourth-order valence-corrected chi connectivity index (χ4v) is 2.96. The zero-order valence-corrected chi connectivity index (χ0v) is 10.5. The Morgan fingerprint density at radius 2 is 2.33 bits per heavy atom. The van der Waals surface area contributed by atoms with E-state index in [4.69, 9.17) is 11.6 Å². The van der Waals surface area contributed by atoms with Crippen LogP contribution in [0.3, 0.4) is 0 Å². The van der Waals surface area contributed by atoms with Crippen LogP contribution in [0.1, 0.15) is 12.6 Å². The first-order valence-corrected chi connectivity index (χ1v) is 6.55. The summed E-state index contributed by atoms with van der Waals surface area (Å²) >= 11 is 7.85. The average Bonchev–Trinajstić information content (AvgIpc) is 2.16. The van der Waals surface area contributed by atoms with Crippen LogP contribution in [0.4, 0.5) is 5.82 Å². The summed E-state index contributed by atoms with van der Waals surface area (Å²) in [5.74, 6) is 3.27.